The Morgan fingerprint density at radius 3 is 3.00 bits per heavy atom. The van der Waals surface area contributed by atoms with Crippen LogP contribution in [0.4, 0.5) is 5.13 Å². The number of hydrogen-bond acceptors (Lipinski definition) is 4. The van der Waals surface area contributed by atoms with Crippen LogP contribution < -0.4 is 11.1 Å². The maximum absolute atomic E-state index is 12.1. The highest BCUT2D eigenvalue weighted by Gasteiger charge is 2.11. The summed E-state index contributed by atoms with van der Waals surface area (Å²) in [6, 6.07) is 4.02. The first-order valence-electron chi connectivity index (χ1n) is 6.73. The van der Waals surface area contributed by atoms with Gasteiger partial charge in [-0.15, -0.1) is 11.3 Å². The van der Waals surface area contributed by atoms with Crippen LogP contribution in [-0.2, 0) is 6.42 Å². The Hall–Kier alpha value is -1.82. The van der Waals surface area contributed by atoms with E-state index in [1.807, 2.05) is 28.3 Å². The lowest BCUT2D eigenvalue weighted by Gasteiger charge is -2.12. The topological polar surface area (TPSA) is 72.9 Å². The number of aromatic nitrogens is 2. The maximum Gasteiger partial charge on any atom is 0.267 e. The summed E-state index contributed by atoms with van der Waals surface area (Å²) < 4.78 is 1.97. The first kappa shape index (κ1) is 14.6. The fourth-order valence-corrected chi connectivity index (χ4v) is 2.63. The molecule has 0 saturated carbocycles. The van der Waals surface area contributed by atoms with Crippen molar-refractivity contribution in [3.05, 3.63) is 35.1 Å². The van der Waals surface area contributed by atoms with Gasteiger partial charge in [0.1, 0.15) is 5.69 Å². The summed E-state index contributed by atoms with van der Waals surface area (Å²) in [6.45, 7) is 4.76. The van der Waals surface area contributed by atoms with Gasteiger partial charge < -0.3 is 15.6 Å². The van der Waals surface area contributed by atoms with Crippen molar-refractivity contribution in [1.29, 1.82) is 0 Å². The van der Waals surface area contributed by atoms with Gasteiger partial charge in [0.25, 0.3) is 5.91 Å². The molecule has 6 heteroatoms. The monoisotopic (exact) mass is 292 g/mol. The molecule has 0 radical (unpaired) electrons. The number of anilines is 1. The van der Waals surface area contributed by atoms with Crippen LogP contribution in [-0.4, -0.2) is 22.0 Å². The molecule has 0 spiro atoms. The molecule has 2 aromatic rings. The number of nitrogens with zero attached hydrogens (tertiary/aromatic N) is 2. The Labute approximate surface area is 122 Å². The van der Waals surface area contributed by atoms with Crippen molar-refractivity contribution in [2.24, 2.45) is 0 Å². The van der Waals surface area contributed by atoms with Gasteiger partial charge in [0.05, 0.1) is 5.69 Å². The summed E-state index contributed by atoms with van der Waals surface area (Å²) in [6.07, 6.45) is 3.62. The van der Waals surface area contributed by atoms with Crippen molar-refractivity contribution < 1.29 is 4.79 Å². The zero-order valence-electron chi connectivity index (χ0n) is 11.8. The Morgan fingerprint density at radius 2 is 2.35 bits per heavy atom. The lowest BCUT2D eigenvalue weighted by molar-refractivity contribution is 0.0942. The van der Waals surface area contributed by atoms with Crippen LogP contribution in [0.15, 0.2) is 23.7 Å². The number of nitrogen functional groups attached to an aromatic ring is 1. The average Bonchev–Trinajstić information content (AvgIpc) is 3.03. The molecule has 0 aliphatic heterocycles. The van der Waals surface area contributed by atoms with E-state index in [0.717, 1.165) is 18.5 Å². The molecule has 2 aromatic heterocycles. The lowest BCUT2D eigenvalue weighted by atomic mass is 10.2. The predicted molar refractivity (Wildman–Crippen MR) is 82.0 cm³/mol. The molecule has 3 N–H and O–H groups in total. The zero-order chi connectivity index (χ0) is 14.5. The Morgan fingerprint density at radius 1 is 1.55 bits per heavy atom. The summed E-state index contributed by atoms with van der Waals surface area (Å²) in [5.74, 6) is -0.0264. The summed E-state index contributed by atoms with van der Waals surface area (Å²) in [7, 11) is 0. The average molecular weight is 292 g/mol. The number of carbonyl (C=O) groups excluding carboxylic acids is 1. The van der Waals surface area contributed by atoms with E-state index in [2.05, 4.69) is 24.1 Å². The van der Waals surface area contributed by atoms with E-state index >= 15 is 0 Å². The van der Waals surface area contributed by atoms with Gasteiger partial charge in [0.15, 0.2) is 5.13 Å². The van der Waals surface area contributed by atoms with E-state index in [4.69, 9.17) is 5.73 Å². The van der Waals surface area contributed by atoms with Crippen LogP contribution >= 0.6 is 11.3 Å². The molecule has 0 aromatic carbocycles. The van der Waals surface area contributed by atoms with Gasteiger partial charge in [-0.25, -0.2) is 4.98 Å². The normalized spacial score (nSPS) is 10.9. The van der Waals surface area contributed by atoms with Crippen molar-refractivity contribution in [3.63, 3.8) is 0 Å². The van der Waals surface area contributed by atoms with Crippen molar-refractivity contribution in [3.8, 4) is 0 Å². The van der Waals surface area contributed by atoms with E-state index in [-0.39, 0.29) is 11.9 Å². The highest BCUT2D eigenvalue weighted by Crippen LogP contribution is 2.13. The zero-order valence-corrected chi connectivity index (χ0v) is 12.6. The van der Waals surface area contributed by atoms with Gasteiger partial charge in [-0.1, -0.05) is 0 Å². The summed E-state index contributed by atoms with van der Waals surface area (Å²) >= 11 is 1.45. The van der Waals surface area contributed by atoms with Crippen LogP contribution in [0, 0.1) is 0 Å². The fourth-order valence-electron chi connectivity index (χ4n) is 2.04. The van der Waals surface area contributed by atoms with Crippen molar-refractivity contribution in [1.82, 2.24) is 14.9 Å². The molecular formula is C14H20N4OS. The molecule has 0 bridgehead atoms. The SMILES string of the molecule is CC(C)n1cccc1C(=O)NCCCc1csc(N)n1. The number of amides is 1. The van der Waals surface area contributed by atoms with E-state index in [1.165, 1.54) is 11.3 Å². The molecule has 0 aliphatic carbocycles. The summed E-state index contributed by atoms with van der Waals surface area (Å²) in [5, 5.41) is 5.50. The van der Waals surface area contributed by atoms with Gasteiger partial charge in [-0.3, -0.25) is 4.79 Å². The minimum Gasteiger partial charge on any atom is -0.375 e. The second kappa shape index (κ2) is 6.56. The van der Waals surface area contributed by atoms with Crippen LogP contribution in [0.25, 0.3) is 0 Å². The molecule has 0 aliphatic rings. The number of aryl methyl sites for hydroxylation is 1. The number of thiazole rings is 1. The molecule has 0 unspecified atom stereocenters. The Balaban J connectivity index is 1.79. The van der Waals surface area contributed by atoms with Crippen molar-refractivity contribution in [2.45, 2.75) is 32.7 Å². The molecule has 5 nitrogen and oxygen atoms in total. The third-order valence-electron chi connectivity index (χ3n) is 3.03. The first-order valence-corrected chi connectivity index (χ1v) is 7.61. The number of nitrogens with one attached hydrogen (secondary N) is 1. The second-order valence-electron chi connectivity index (χ2n) is 4.93. The second-order valence-corrected chi connectivity index (χ2v) is 5.82. The highest BCUT2D eigenvalue weighted by atomic mass is 32.1. The van der Waals surface area contributed by atoms with Crippen LogP contribution in [0.5, 0.6) is 0 Å². The first-order chi connectivity index (χ1) is 9.58. The third kappa shape index (κ3) is 3.60. The van der Waals surface area contributed by atoms with Gasteiger partial charge in [0.2, 0.25) is 0 Å². The molecular weight excluding hydrogens is 272 g/mol. The van der Waals surface area contributed by atoms with Crippen LogP contribution in [0.1, 0.15) is 42.5 Å². The largest absolute Gasteiger partial charge is 0.375 e. The van der Waals surface area contributed by atoms with E-state index in [0.29, 0.717) is 17.4 Å². The molecule has 20 heavy (non-hydrogen) atoms. The van der Waals surface area contributed by atoms with E-state index in [1.54, 1.807) is 0 Å². The minimum absolute atomic E-state index is 0.0264. The lowest BCUT2D eigenvalue weighted by Crippen LogP contribution is -2.27. The van der Waals surface area contributed by atoms with Crippen molar-refractivity contribution in [2.75, 3.05) is 12.3 Å². The van der Waals surface area contributed by atoms with Gasteiger partial charge in [-0.2, -0.15) is 0 Å². The maximum atomic E-state index is 12.1. The number of rotatable bonds is 6. The molecule has 2 heterocycles. The molecule has 0 atom stereocenters. The van der Waals surface area contributed by atoms with E-state index < -0.39 is 0 Å². The summed E-state index contributed by atoms with van der Waals surface area (Å²) in [4.78, 5) is 16.3. The highest BCUT2D eigenvalue weighted by molar-refractivity contribution is 7.13. The smallest absolute Gasteiger partial charge is 0.267 e. The molecule has 0 fully saturated rings. The third-order valence-corrected chi connectivity index (χ3v) is 3.76. The number of carbonyl (C=O) groups is 1. The van der Waals surface area contributed by atoms with Gasteiger partial charge in [-0.05, 0) is 38.8 Å². The number of nitrogens with two attached hydrogens (primary N) is 1. The van der Waals surface area contributed by atoms with Crippen molar-refractivity contribution >= 4 is 22.4 Å². The Bertz CT molecular complexity index is 573. The Kier molecular flexibility index (Phi) is 4.79. The van der Waals surface area contributed by atoms with Gasteiger partial charge >= 0.3 is 0 Å². The van der Waals surface area contributed by atoms with Gasteiger partial charge in [0, 0.05) is 24.2 Å². The molecule has 1 amide bonds. The van der Waals surface area contributed by atoms with E-state index in [9.17, 15) is 4.79 Å². The van der Waals surface area contributed by atoms with Crippen LogP contribution in [0.2, 0.25) is 0 Å². The summed E-state index contributed by atoms with van der Waals surface area (Å²) in [5.41, 5.74) is 7.27. The predicted octanol–water partition coefficient (Wildman–Crippen LogP) is 2.47. The quantitative estimate of drug-likeness (QED) is 0.803. The molecule has 0 saturated heterocycles. The number of hydrogen-bond donors (Lipinski definition) is 2. The minimum atomic E-state index is -0.0264. The molecule has 108 valence electrons. The molecule has 2 rings (SSSR count). The van der Waals surface area contributed by atoms with Crippen LogP contribution in [0.3, 0.4) is 0 Å². The fraction of sp³-hybridized carbons (Fsp3) is 0.429. The standard InChI is InChI=1S/C14H20N4OS/c1-10(2)18-8-4-6-12(18)13(19)16-7-3-5-11-9-20-14(15)17-11/h4,6,8-10H,3,5,7H2,1-2H3,(H2,15,17)(H,16,19).